The molecule has 1 aromatic rings. The minimum absolute atomic E-state index is 0.0367. The van der Waals surface area contributed by atoms with Crippen LogP contribution in [-0.4, -0.2) is 26.3 Å². The number of esters is 1. The second-order valence-electron chi connectivity index (χ2n) is 4.45. The van der Waals surface area contributed by atoms with Crippen molar-refractivity contribution in [2.45, 2.75) is 0 Å². The molecule has 1 heterocycles. The van der Waals surface area contributed by atoms with Crippen molar-refractivity contribution in [3.8, 4) is 11.8 Å². The Morgan fingerprint density at radius 1 is 1.45 bits per heavy atom. The molecule has 0 radical (unpaired) electrons. The molecule has 0 spiro atoms. The lowest BCUT2D eigenvalue weighted by molar-refractivity contribution is -0.134. The molecule has 0 saturated carbocycles. The molecule has 1 unspecified atom stereocenters. The van der Waals surface area contributed by atoms with Crippen molar-refractivity contribution in [3.63, 3.8) is 0 Å². The molecule has 0 aromatic heterocycles. The smallest absolute Gasteiger partial charge is 0.330 e. The monoisotopic (exact) mass is 268 g/mol. The van der Waals surface area contributed by atoms with E-state index in [9.17, 15) is 4.79 Å². The highest BCUT2D eigenvalue weighted by Gasteiger charge is 2.24. The third-order valence-electron chi connectivity index (χ3n) is 3.07. The summed E-state index contributed by atoms with van der Waals surface area (Å²) in [5.41, 5.74) is 2.55. The molecule has 1 fully saturated rings. The van der Waals surface area contributed by atoms with E-state index in [2.05, 4.69) is 23.2 Å². The van der Waals surface area contributed by atoms with Crippen molar-refractivity contribution >= 4 is 5.97 Å². The molecule has 3 nitrogen and oxygen atoms in total. The van der Waals surface area contributed by atoms with Crippen LogP contribution in [-0.2, 0) is 14.3 Å². The summed E-state index contributed by atoms with van der Waals surface area (Å²) in [5, 5.41) is 0. The van der Waals surface area contributed by atoms with Crippen molar-refractivity contribution in [1.82, 2.24) is 0 Å². The highest BCUT2D eigenvalue weighted by Crippen LogP contribution is 2.25. The lowest BCUT2D eigenvalue weighted by Crippen LogP contribution is -2.07. The van der Waals surface area contributed by atoms with Crippen LogP contribution in [0.1, 0.15) is 5.56 Å². The van der Waals surface area contributed by atoms with E-state index < -0.39 is 0 Å². The van der Waals surface area contributed by atoms with Gasteiger partial charge in [0.05, 0.1) is 20.3 Å². The van der Waals surface area contributed by atoms with Gasteiger partial charge in [0.1, 0.15) is 0 Å². The molecule has 1 aromatic carbocycles. The van der Waals surface area contributed by atoms with Crippen LogP contribution < -0.4 is 0 Å². The van der Waals surface area contributed by atoms with Gasteiger partial charge in [0, 0.05) is 23.1 Å². The predicted molar refractivity (Wildman–Crippen MR) is 76.9 cm³/mol. The van der Waals surface area contributed by atoms with Crippen LogP contribution in [0, 0.1) is 17.8 Å². The van der Waals surface area contributed by atoms with Crippen LogP contribution in [0.5, 0.6) is 0 Å². The van der Waals surface area contributed by atoms with Crippen LogP contribution in [0.4, 0.5) is 0 Å². The van der Waals surface area contributed by atoms with E-state index in [4.69, 9.17) is 4.74 Å². The first-order valence-electron chi connectivity index (χ1n) is 6.32. The predicted octanol–water partition coefficient (Wildman–Crippen LogP) is 2.34. The van der Waals surface area contributed by atoms with Crippen molar-refractivity contribution < 1.29 is 14.3 Å². The Bertz CT molecular complexity index is 588. The van der Waals surface area contributed by atoms with E-state index in [-0.39, 0.29) is 11.9 Å². The summed E-state index contributed by atoms with van der Waals surface area (Å²) in [5.74, 6) is 5.69. The summed E-state index contributed by atoms with van der Waals surface area (Å²) >= 11 is 0. The van der Waals surface area contributed by atoms with Crippen LogP contribution in [0.25, 0.3) is 0 Å². The number of rotatable bonds is 2. The molecular formula is C17H16O3. The molecule has 20 heavy (non-hydrogen) atoms. The van der Waals surface area contributed by atoms with Gasteiger partial charge in [-0.1, -0.05) is 36.6 Å². The van der Waals surface area contributed by atoms with Crippen molar-refractivity contribution in [2.24, 2.45) is 5.92 Å². The Labute approximate surface area is 118 Å². The quantitative estimate of drug-likeness (QED) is 0.469. The lowest BCUT2D eigenvalue weighted by atomic mass is 9.94. The Morgan fingerprint density at radius 2 is 2.20 bits per heavy atom. The number of ether oxygens (including phenoxy) is 2. The third-order valence-corrected chi connectivity index (χ3v) is 3.07. The summed E-state index contributed by atoms with van der Waals surface area (Å²) in [4.78, 5) is 11.3. The van der Waals surface area contributed by atoms with E-state index in [1.807, 2.05) is 30.3 Å². The fourth-order valence-electron chi connectivity index (χ4n) is 1.94. The van der Waals surface area contributed by atoms with Crippen LogP contribution in [0.3, 0.4) is 0 Å². The number of methoxy groups -OCH3 is 1. The fraction of sp³-hybridized carbons (Fsp3) is 0.235. The molecule has 0 aliphatic carbocycles. The third kappa shape index (κ3) is 3.59. The van der Waals surface area contributed by atoms with Crippen molar-refractivity contribution in [2.75, 3.05) is 20.3 Å². The van der Waals surface area contributed by atoms with Gasteiger partial charge in [0.2, 0.25) is 0 Å². The first-order chi connectivity index (χ1) is 9.70. The molecular weight excluding hydrogens is 252 g/mol. The summed E-state index contributed by atoms with van der Waals surface area (Å²) < 4.78 is 10.0. The van der Waals surface area contributed by atoms with Crippen LogP contribution >= 0.6 is 0 Å². The normalized spacial score (nSPS) is 19.2. The number of carbonyl (C=O) groups is 1. The van der Waals surface area contributed by atoms with E-state index in [0.717, 1.165) is 16.7 Å². The molecule has 2 rings (SSSR count). The van der Waals surface area contributed by atoms with E-state index in [1.165, 1.54) is 13.2 Å². The molecule has 102 valence electrons. The number of hydrogen-bond donors (Lipinski definition) is 0. The van der Waals surface area contributed by atoms with Gasteiger partial charge in [-0.15, -0.1) is 0 Å². The Hall–Kier alpha value is -2.31. The SMILES string of the molecule is C=C(C#Cc1ccccc1)C1COC/C1=C\C(=O)OC. The first kappa shape index (κ1) is 14.1. The first-order valence-corrected chi connectivity index (χ1v) is 6.32. The van der Waals surface area contributed by atoms with Gasteiger partial charge in [-0.05, 0) is 17.7 Å². The van der Waals surface area contributed by atoms with Crippen molar-refractivity contribution in [1.29, 1.82) is 0 Å². The van der Waals surface area contributed by atoms with Gasteiger partial charge < -0.3 is 9.47 Å². The molecule has 1 atom stereocenters. The average molecular weight is 268 g/mol. The van der Waals surface area contributed by atoms with E-state index in [0.29, 0.717) is 13.2 Å². The Balaban J connectivity index is 2.11. The van der Waals surface area contributed by atoms with Gasteiger partial charge >= 0.3 is 5.97 Å². The second-order valence-corrected chi connectivity index (χ2v) is 4.45. The molecule has 1 saturated heterocycles. The van der Waals surface area contributed by atoms with E-state index in [1.54, 1.807) is 0 Å². The topological polar surface area (TPSA) is 35.5 Å². The number of carbonyl (C=O) groups excluding carboxylic acids is 1. The Kier molecular flexibility index (Phi) is 4.75. The fourth-order valence-corrected chi connectivity index (χ4v) is 1.94. The molecule has 0 amide bonds. The summed E-state index contributed by atoms with van der Waals surface area (Å²) in [6.07, 6.45) is 1.47. The zero-order chi connectivity index (χ0) is 14.4. The van der Waals surface area contributed by atoms with Gasteiger partial charge in [0.15, 0.2) is 0 Å². The standard InChI is InChI=1S/C17H16O3/c1-13(8-9-14-6-4-3-5-7-14)16-12-20-11-15(16)10-17(18)19-2/h3-7,10,16H,1,11-12H2,2H3/b15-10+. The summed E-state index contributed by atoms with van der Waals surface area (Å²) in [6.45, 7) is 4.92. The zero-order valence-corrected chi connectivity index (χ0v) is 11.4. The zero-order valence-electron chi connectivity index (χ0n) is 11.4. The summed E-state index contributed by atoms with van der Waals surface area (Å²) in [6, 6.07) is 9.71. The molecule has 1 aliphatic heterocycles. The second kappa shape index (κ2) is 6.74. The minimum Gasteiger partial charge on any atom is -0.466 e. The maximum atomic E-state index is 11.3. The van der Waals surface area contributed by atoms with Gasteiger partial charge in [-0.3, -0.25) is 0 Å². The number of hydrogen-bond acceptors (Lipinski definition) is 3. The lowest BCUT2D eigenvalue weighted by Gasteiger charge is -2.07. The van der Waals surface area contributed by atoms with Gasteiger partial charge in [-0.25, -0.2) is 4.79 Å². The highest BCUT2D eigenvalue weighted by atomic mass is 16.5. The molecule has 0 bridgehead atoms. The molecule has 1 aliphatic rings. The van der Waals surface area contributed by atoms with E-state index >= 15 is 0 Å². The minimum atomic E-state index is -0.376. The van der Waals surface area contributed by atoms with Crippen LogP contribution in [0.2, 0.25) is 0 Å². The largest absolute Gasteiger partial charge is 0.466 e. The van der Waals surface area contributed by atoms with Crippen LogP contribution in [0.15, 0.2) is 54.1 Å². The Morgan fingerprint density at radius 3 is 2.90 bits per heavy atom. The molecule has 3 heteroatoms. The molecule has 0 N–H and O–H groups in total. The average Bonchev–Trinajstić information content (AvgIpc) is 2.94. The number of benzene rings is 1. The maximum Gasteiger partial charge on any atom is 0.330 e. The van der Waals surface area contributed by atoms with Gasteiger partial charge in [0.25, 0.3) is 0 Å². The maximum absolute atomic E-state index is 11.3. The van der Waals surface area contributed by atoms with Gasteiger partial charge in [-0.2, -0.15) is 0 Å². The highest BCUT2D eigenvalue weighted by molar-refractivity contribution is 5.83. The van der Waals surface area contributed by atoms with Crippen molar-refractivity contribution in [3.05, 3.63) is 59.7 Å². The summed E-state index contributed by atoms with van der Waals surface area (Å²) in [7, 11) is 1.36.